The molecule has 1 aromatic rings. The van der Waals surface area contributed by atoms with Crippen LogP contribution in [-0.2, 0) is 17.7 Å². The number of hydrogen-bond donors (Lipinski definition) is 0. The molecule has 1 aliphatic heterocycles. The lowest BCUT2D eigenvalue weighted by Crippen LogP contribution is -1.96. The van der Waals surface area contributed by atoms with Gasteiger partial charge in [-0.2, -0.15) is 4.89 Å². The van der Waals surface area contributed by atoms with E-state index in [2.05, 4.69) is 31.2 Å². The first kappa shape index (κ1) is 23.0. The number of unbranched alkanes of at least 4 members (excludes halogenated alkanes) is 12. The third kappa shape index (κ3) is 9.78. The molecule has 0 amide bonds. The van der Waals surface area contributed by atoms with Gasteiger partial charge in [0.15, 0.2) is 5.75 Å². The Bertz CT molecular complexity index is 511. The Morgan fingerprint density at radius 3 is 2.14 bits per heavy atom. The van der Waals surface area contributed by atoms with Crippen LogP contribution < -0.4 is 4.89 Å². The van der Waals surface area contributed by atoms with Gasteiger partial charge in [0.1, 0.15) is 0 Å². The van der Waals surface area contributed by atoms with Crippen LogP contribution in [0.5, 0.6) is 5.75 Å². The summed E-state index contributed by atoms with van der Waals surface area (Å²) in [4.78, 5) is 10.6. The van der Waals surface area contributed by atoms with Gasteiger partial charge in [-0.05, 0) is 50.2 Å². The van der Waals surface area contributed by atoms with Crippen molar-refractivity contribution in [1.82, 2.24) is 0 Å². The van der Waals surface area contributed by atoms with Crippen LogP contribution in [-0.4, -0.2) is 6.61 Å². The van der Waals surface area contributed by atoms with E-state index < -0.39 is 0 Å². The highest BCUT2D eigenvalue weighted by Gasteiger charge is 2.13. The van der Waals surface area contributed by atoms with Gasteiger partial charge in [-0.25, -0.2) is 0 Å². The van der Waals surface area contributed by atoms with E-state index in [1.807, 2.05) is 6.07 Å². The molecule has 1 aliphatic rings. The molecule has 0 fully saturated rings. The summed E-state index contributed by atoms with van der Waals surface area (Å²) in [6.45, 7) is 2.94. The molecule has 0 unspecified atom stereocenters. The van der Waals surface area contributed by atoms with E-state index >= 15 is 0 Å². The summed E-state index contributed by atoms with van der Waals surface area (Å²) in [5.74, 6) is 0.933. The summed E-state index contributed by atoms with van der Waals surface area (Å²) < 4.78 is 0. The lowest BCUT2D eigenvalue weighted by Gasteiger charge is -2.09. The molecule has 0 aliphatic carbocycles. The number of fused-ring (bicyclic) bond motifs is 2. The van der Waals surface area contributed by atoms with E-state index in [9.17, 15) is 0 Å². The Balaban J connectivity index is 1.40. The minimum atomic E-state index is 0.661. The number of benzene rings is 1. The average Bonchev–Trinajstić information content (AvgIpc) is 2.81. The second-order valence-corrected chi connectivity index (χ2v) is 8.24. The molecule has 2 heteroatoms. The standard InChI is InChI=1S/C26H42O2/c1-2-3-4-5-6-7-8-9-10-11-12-13-14-15-16-17-20-25-24-19-18-21-26(25)28-27-23-22-24/h9-10,18-19,21H,2-8,11-17,20,22-23H2,1H3. The molecule has 0 aromatic heterocycles. The highest BCUT2D eigenvalue weighted by Crippen LogP contribution is 2.27. The predicted octanol–water partition coefficient (Wildman–Crippen LogP) is 8.13. The van der Waals surface area contributed by atoms with E-state index in [1.54, 1.807) is 0 Å². The molecule has 0 atom stereocenters. The van der Waals surface area contributed by atoms with Gasteiger partial charge >= 0.3 is 0 Å². The van der Waals surface area contributed by atoms with E-state index in [0.29, 0.717) is 6.61 Å². The molecule has 28 heavy (non-hydrogen) atoms. The third-order valence-electron chi connectivity index (χ3n) is 5.77. The van der Waals surface area contributed by atoms with Crippen molar-refractivity contribution in [1.29, 1.82) is 0 Å². The molecule has 158 valence electrons. The quantitative estimate of drug-likeness (QED) is 0.162. The summed E-state index contributed by atoms with van der Waals surface area (Å²) in [6.07, 6.45) is 25.9. The van der Waals surface area contributed by atoms with E-state index in [1.165, 1.54) is 101 Å². The molecule has 0 radical (unpaired) electrons. The van der Waals surface area contributed by atoms with Gasteiger partial charge in [0.25, 0.3) is 0 Å². The van der Waals surface area contributed by atoms with Crippen molar-refractivity contribution in [3.63, 3.8) is 0 Å². The van der Waals surface area contributed by atoms with Crippen LogP contribution in [0.4, 0.5) is 0 Å². The van der Waals surface area contributed by atoms with Crippen molar-refractivity contribution < 1.29 is 9.78 Å². The maximum atomic E-state index is 5.41. The number of allylic oxidation sites excluding steroid dienone is 2. The van der Waals surface area contributed by atoms with Gasteiger partial charge in [-0.15, -0.1) is 0 Å². The summed E-state index contributed by atoms with van der Waals surface area (Å²) in [5.41, 5.74) is 2.78. The third-order valence-corrected chi connectivity index (χ3v) is 5.77. The van der Waals surface area contributed by atoms with Crippen LogP contribution in [0, 0.1) is 0 Å². The van der Waals surface area contributed by atoms with Gasteiger partial charge in [-0.1, -0.05) is 89.0 Å². The molecule has 0 saturated carbocycles. The van der Waals surface area contributed by atoms with Crippen LogP contribution in [0.3, 0.4) is 0 Å². The largest absolute Gasteiger partial charge is 0.337 e. The zero-order chi connectivity index (χ0) is 19.7. The van der Waals surface area contributed by atoms with Crippen LogP contribution in [0.2, 0.25) is 0 Å². The van der Waals surface area contributed by atoms with E-state index in [0.717, 1.165) is 18.6 Å². The minimum absolute atomic E-state index is 0.661. The minimum Gasteiger partial charge on any atom is -0.337 e. The SMILES string of the molecule is CCCCCCCCC=CCCCCCCCCc1c2cccc1OOCC2. The van der Waals surface area contributed by atoms with Gasteiger partial charge in [0.05, 0.1) is 6.61 Å². The maximum absolute atomic E-state index is 5.41. The topological polar surface area (TPSA) is 18.5 Å². The average molecular weight is 387 g/mol. The molecule has 0 N–H and O–H groups in total. The van der Waals surface area contributed by atoms with Crippen LogP contribution >= 0.6 is 0 Å². The Morgan fingerprint density at radius 1 is 0.786 bits per heavy atom. The lowest BCUT2D eigenvalue weighted by molar-refractivity contribution is -0.203. The highest BCUT2D eigenvalue weighted by atomic mass is 17.2. The molecule has 2 bridgehead atoms. The van der Waals surface area contributed by atoms with Crippen molar-refractivity contribution in [3.05, 3.63) is 41.5 Å². The van der Waals surface area contributed by atoms with Crippen molar-refractivity contribution in [3.8, 4) is 5.75 Å². The van der Waals surface area contributed by atoms with Gasteiger partial charge in [-0.3, -0.25) is 0 Å². The molecular formula is C26H42O2. The zero-order valence-corrected chi connectivity index (χ0v) is 18.2. The fraction of sp³-hybridized carbons (Fsp3) is 0.692. The fourth-order valence-corrected chi connectivity index (χ4v) is 4.01. The molecule has 0 spiro atoms. The Labute approximate surface area is 173 Å². The summed E-state index contributed by atoms with van der Waals surface area (Å²) in [7, 11) is 0. The summed E-state index contributed by atoms with van der Waals surface area (Å²) in [6, 6.07) is 6.33. The summed E-state index contributed by atoms with van der Waals surface area (Å²) in [5, 5.41) is 0. The predicted molar refractivity (Wildman–Crippen MR) is 120 cm³/mol. The monoisotopic (exact) mass is 386 g/mol. The number of rotatable bonds is 16. The fourth-order valence-electron chi connectivity index (χ4n) is 4.01. The Kier molecular flexibility index (Phi) is 12.8. The molecule has 2 rings (SSSR count). The maximum Gasteiger partial charge on any atom is 0.168 e. The van der Waals surface area contributed by atoms with Gasteiger partial charge < -0.3 is 4.89 Å². The van der Waals surface area contributed by atoms with Crippen LogP contribution in [0.25, 0.3) is 0 Å². The van der Waals surface area contributed by atoms with E-state index in [4.69, 9.17) is 9.78 Å². The molecule has 1 heterocycles. The molecule has 1 aromatic carbocycles. The highest BCUT2D eigenvalue weighted by molar-refractivity contribution is 5.40. The zero-order valence-electron chi connectivity index (χ0n) is 18.2. The van der Waals surface area contributed by atoms with Gasteiger partial charge in [0.2, 0.25) is 0 Å². The normalized spacial score (nSPS) is 13.6. The second kappa shape index (κ2) is 15.6. The first-order valence-electron chi connectivity index (χ1n) is 12.0. The first-order chi connectivity index (χ1) is 13.9. The van der Waals surface area contributed by atoms with Crippen molar-refractivity contribution in [2.24, 2.45) is 0 Å². The van der Waals surface area contributed by atoms with Crippen molar-refractivity contribution >= 4 is 0 Å². The van der Waals surface area contributed by atoms with Crippen LogP contribution in [0.1, 0.15) is 108 Å². The summed E-state index contributed by atoms with van der Waals surface area (Å²) >= 11 is 0. The molecule has 2 nitrogen and oxygen atoms in total. The van der Waals surface area contributed by atoms with Crippen LogP contribution in [0.15, 0.2) is 30.4 Å². The number of hydrogen-bond acceptors (Lipinski definition) is 2. The van der Waals surface area contributed by atoms with Gasteiger partial charge in [0, 0.05) is 12.0 Å². The Morgan fingerprint density at radius 2 is 1.43 bits per heavy atom. The van der Waals surface area contributed by atoms with Crippen molar-refractivity contribution in [2.75, 3.05) is 6.61 Å². The smallest absolute Gasteiger partial charge is 0.168 e. The first-order valence-corrected chi connectivity index (χ1v) is 12.0. The Hall–Kier alpha value is -1.28. The van der Waals surface area contributed by atoms with Crippen molar-refractivity contribution in [2.45, 2.75) is 110 Å². The lowest BCUT2D eigenvalue weighted by atomic mass is 9.98. The molecular weight excluding hydrogens is 344 g/mol. The molecule has 0 saturated heterocycles. The van der Waals surface area contributed by atoms with E-state index in [-0.39, 0.29) is 0 Å². The second-order valence-electron chi connectivity index (χ2n) is 8.24.